The third-order valence-electron chi connectivity index (χ3n) is 7.02. The van der Waals surface area contributed by atoms with E-state index < -0.39 is 9.84 Å². The lowest BCUT2D eigenvalue weighted by Crippen LogP contribution is -2.43. The lowest BCUT2D eigenvalue weighted by atomic mass is 9.87. The first-order chi connectivity index (χ1) is 13.0. The molecule has 2 atom stereocenters. The average Bonchev–Trinajstić information content (AvgIpc) is 3.38. The molecule has 4 fully saturated rings. The molecule has 28 heavy (non-hydrogen) atoms. The van der Waals surface area contributed by atoms with Gasteiger partial charge in [-0.3, -0.25) is 4.99 Å². The molecule has 3 aliphatic heterocycles. The lowest BCUT2D eigenvalue weighted by molar-refractivity contribution is 0.156. The van der Waals surface area contributed by atoms with Crippen LogP contribution in [0.4, 0.5) is 0 Å². The van der Waals surface area contributed by atoms with Crippen molar-refractivity contribution in [3.63, 3.8) is 0 Å². The predicted molar refractivity (Wildman–Crippen MR) is 123 cm³/mol. The molecule has 0 bridgehead atoms. The van der Waals surface area contributed by atoms with Crippen LogP contribution in [0.1, 0.15) is 51.4 Å². The molecule has 1 N–H and O–H groups in total. The fraction of sp³-hybridized carbons (Fsp3) is 0.950. The Bertz CT molecular complexity index is 643. The van der Waals surface area contributed by atoms with Crippen LogP contribution in [-0.4, -0.2) is 70.2 Å². The number of nitrogens with zero attached hydrogens (tertiary/aromatic N) is 2. The number of hydrogen-bond donors (Lipinski definition) is 1. The second-order valence-corrected chi connectivity index (χ2v) is 11.5. The second kappa shape index (κ2) is 9.81. The Hall–Kier alpha value is -0.0900. The topological polar surface area (TPSA) is 71.0 Å². The maximum atomic E-state index is 11.8. The van der Waals surface area contributed by atoms with E-state index in [-0.39, 0.29) is 29.9 Å². The zero-order chi connectivity index (χ0) is 18.7. The highest BCUT2D eigenvalue weighted by atomic mass is 127. The number of guanidine groups is 1. The van der Waals surface area contributed by atoms with Crippen LogP contribution in [0, 0.1) is 17.3 Å². The molecule has 6 nitrogen and oxygen atoms in total. The van der Waals surface area contributed by atoms with Crippen molar-refractivity contribution in [2.75, 3.05) is 50.9 Å². The minimum atomic E-state index is -2.83. The molecule has 1 spiro atoms. The first-order valence-corrected chi connectivity index (χ1v) is 12.7. The normalized spacial score (nSPS) is 33.4. The van der Waals surface area contributed by atoms with Gasteiger partial charge in [0.05, 0.1) is 18.1 Å². The van der Waals surface area contributed by atoms with Crippen LogP contribution < -0.4 is 5.32 Å². The van der Waals surface area contributed by atoms with Gasteiger partial charge in [0.25, 0.3) is 0 Å². The molecular formula is C20H36IN3O3S. The number of likely N-dealkylation sites (tertiary alicyclic amines) is 1. The SMILES string of the molecule is I.O=S1(=O)CCC(CN=C(NCC2CCCCC2)N2CCC3(CCOC3)C2)C1. The van der Waals surface area contributed by atoms with Crippen LogP contribution in [-0.2, 0) is 14.6 Å². The summed E-state index contributed by atoms with van der Waals surface area (Å²) >= 11 is 0. The molecule has 162 valence electrons. The Balaban J connectivity index is 0.00000225. The Labute approximate surface area is 187 Å². The van der Waals surface area contributed by atoms with Gasteiger partial charge in [0, 0.05) is 38.2 Å². The second-order valence-electron chi connectivity index (χ2n) is 9.29. The third-order valence-corrected chi connectivity index (χ3v) is 8.86. The highest BCUT2D eigenvalue weighted by Crippen LogP contribution is 2.38. The molecule has 4 rings (SSSR count). The van der Waals surface area contributed by atoms with E-state index in [4.69, 9.17) is 9.73 Å². The zero-order valence-corrected chi connectivity index (χ0v) is 20.1. The van der Waals surface area contributed by atoms with Gasteiger partial charge in [-0.05, 0) is 43.9 Å². The Morgan fingerprint density at radius 2 is 1.96 bits per heavy atom. The van der Waals surface area contributed by atoms with Gasteiger partial charge < -0.3 is 15.0 Å². The van der Waals surface area contributed by atoms with Crippen LogP contribution in [0.15, 0.2) is 4.99 Å². The van der Waals surface area contributed by atoms with Crippen molar-refractivity contribution in [1.82, 2.24) is 10.2 Å². The molecule has 0 aromatic rings. The van der Waals surface area contributed by atoms with E-state index in [2.05, 4.69) is 10.2 Å². The quantitative estimate of drug-likeness (QED) is 0.347. The van der Waals surface area contributed by atoms with E-state index in [1.54, 1.807) is 0 Å². The van der Waals surface area contributed by atoms with E-state index in [9.17, 15) is 8.42 Å². The van der Waals surface area contributed by atoms with Crippen LogP contribution >= 0.6 is 24.0 Å². The Morgan fingerprint density at radius 3 is 2.64 bits per heavy atom. The molecule has 3 heterocycles. The number of halogens is 1. The molecule has 0 radical (unpaired) electrons. The molecule has 3 saturated heterocycles. The highest BCUT2D eigenvalue weighted by molar-refractivity contribution is 14.0. The first-order valence-electron chi connectivity index (χ1n) is 10.9. The van der Waals surface area contributed by atoms with E-state index in [0.717, 1.165) is 57.6 Å². The van der Waals surface area contributed by atoms with Gasteiger partial charge in [-0.15, -0.1) is 24.0 Å². The fourth-order valence-corrected chi connectivity index (χ4v) is 7.06. The number of hydrogen-bond acceptors (Lipinski definition) is 4. The zero-order valence-electron chi connectivity index (χ0n) is 16.9. The first kappa shape index (κ1) is 22.6. The summed E-state index contributed by atoms with van der Waals surface area (Å²) in [4.78, 5) is 7.32. The van der Waals surface area contributed by atoms with Crippen LogP contribution in [0.25, 0.3) is 0 Å². The standard InChI is InChI=1S/C20H35N3O3S.HI/c24-27(25)11-6-18(14-27)13-22-19(21-12-17-4-2-1-3-5-17)23-9-7-20(15-23)8-10-26-16-20;/h17-18H,1-16H2,(H,21,22);1H. The van der Waals surface area contributed by atoms with E-state index >= 15 is 0 Å². The number of nitrogens with one attached hydrogen (secondary N) is 1. The van der Waals surface area contributed by atoms with Crippen molar-refractivity contribution in [2.45, 2.75) is 51.4 Å². The summed E-state index contributed by atoms with van der Waals surface area (Å²) in [5.41, 5.74) is 0.310. The van der Waals surface area contributed by atoms with E-state index in [1.807, 2.05) is 0 Å². The minimum Gasteiger partial charge on any atom is -0.381 e. The summed E-state index contributed by atoms with van der Waals surface area (Å²) in [7, 11) is -2.83. The van der Waals surface area contributed by atoms with Crippen molar-refractivity contribution < 1.29 is 13.2 Å². The maximum Gasteiger partial charge on any atom is 0.193 e. The van der Waals surface area contributed by atoms with Gasteiger partial charge in [0.1, 0.15) is 0 Å². The smallest absolute Gasteiger partial charge is 0.193 e. The maximum absolute atomic E-state index is 11.8. The summed E-state index contributed by atoms with van der Waals surface area (Å²) in [6.45, 7) is 5.44. The van der Waals surface area contributed by atoms with Gasteiger partial charge in [0.15, 0.2) is 15.8 Å². The van der Waals surface area contributed by atoms with Crippen molar-refractivity contribution in [1.29, 1.82) is 0 Å². The van der Waals surface area contributed by atoms with Gasteiger partial charge in [0.2, 0.25) is 0 Å². The molecule has 0 aromatic heterocycles. The molecule has 0 aromatic carbocycles. The summed E-state index contributed by atoms with van der Waals surface area (Å²) in [5.74, 6) is 2.59. The van der Waals surface area contributed by atoms with Crippen LogP contribution in [0.5, 0.6) is 0 Å². The number of rotatable bonds is 4. The number of sulfone groups is 1. The van der Waals surface area contributed by atoms with Gasteiger partial charge in [-0.25, -0.2) is 8.42 Å². The molecular weight excluding hydrogens is 489 g/mol. The molecule has 1 aliphatic carbocycles. The lowest BCUT2D eigenvalue weighted by Gasteiger charge is -2.28. The third kappa shape index (κ3) is 5.74. The van der Waals surface area contributed by atoms with Crippen molar-refractivity contribution in [2.24, 2.45) is 22.2 Å². The minimum absolute atomic E-state index is 0. The molecule has 4 aliphatic rings. The van der Waals surface area contributed by atoms with E-state index in [0.29, 0.717) is 23.5 Å². The average molecular weight is 525 g/mol. The number of aliphatic imine (C=N–C) groups is 1. The predicted octanol–water partition coefficient (Wildman–Crippen LogP) is 2.68. The summed E-state index contributed by atoms with van der Waals surface area (Å²) in [5, 5.41) is 3.67. The van der Waals surface area contributed by atoms with Crippen molar-refractivity contribution in [3.8, 4) is 0 Å². The van der Waals surface area contributed by atoms with Gasteiger partial charge in [-0.2, -0.15) is 0 Å². The van der Waals surface area contributed by atoms with Crippen molar-refractivity contribution in [3.05, 3.63) is 0 Å². The van der Waals surface area contributed by atoms with Crippen LogP contribution in [0.2, 0.25) is 0 Å². The highest BCUT2D eigenvalue weighted by Gasteiger charge is 2.42. The summed E-state index contributed by atoms with van der Waals surface area (Å²) in [6, 6.07) is 0. The van der Waals surface area contributed by atoms with Gasteiger partial charge in [-0.1, -0.05) is 19.3 Å². The Morgan fingerprint density at radius 1 is 1.14 bits per heavy atom. The monoisotopic (exact) mass is 525 g/mol. The van der Waals surface area contributed by atoms with E-state index in [1.165, 1.54) is 38.5 Å². The van der Waals surface area contributed by atoms with Crippen molar-refractivity contribution >= 4 is 39.8 Å². The summed E-state index contributed by atoms with van der Waals surface area (Å²) < 4.78 is 29.2. The molecule has 8 heteroatoms. The fourth-order valence-electron chi connectivity index (χ4n) is 5.21. The van der Waals surface area contributed by atoms with Crippen LogP contribution in [0.3, 0.4) is 0 Å². The Kier molecular flexibility index (Phi) is 7.92. The molecule has 2 unspecified atom stereocenters. The molecule has 1 saturated carbocycles. The van der Waals surface area contributed by atoms with Gasteiger partial charge >= 0.3 is 0 Å². The summed E-state index contributed by atoms with van der Waals surface area (Å²) in [6.07, 6.45) is 9.81. The molecule has 0 amide bonds. The number of ether oxygens (including phenoxy) is 1. The largest absolute Gasteiger partial charge is 0.381 e.